The maximum atomic E-state index is 4.37. The van der Waals surface area contributed by atoms with Gasteiger partial charge in [0.2, 0.25) is 0 Å². The maximum Gasteiger partial charge on any atom is 0.0656 e. The zero-order valence-corrected chi connectivity index (χ0v) is 10.4. The first-order valence-electron chi connectivity index (χ1n) is 6.27. The van der Waals surface area contributed by atoms with Crippen molar-refractivity contribution in [1.82, 2.24) is 15.5 Å². The van der Waals surface area contributed by atoms with Gasteiger partial charge in [0.05, 0.1) is 5.69 Å². The van der Waals surface area contributed by atoms with Crippen LogP contribution in [0.25, 0.3) is 0 Å². The number of aromatic amines is 1. The molecular weight excluding hydrogens is 218 g/mol. The third-order valence-corrected chi connectivity index (χ3v) is 4.60. The summed E-state index contributed by atoms with van der Waals surface area (Å²) in [5.41, 5.74) is 2.52. The average Bonchev–Trinajstić information content (AvgIpc) is 3.08. The van der Waals surface area contributed by atoms with E-state index < -0.39 is 0 Å². The standard InChI is InChI=1S/C12H19N3S/c1-2-10(8-16-5-1)13-7-11-6-12(15-14-11)9-3-4-9/h6,9-10,13H,1-5,7-8H2,(H,14,15)/t10-/m0/s1. The smallest absolute Gasteiger partial charge is 0.0656 e. The van der Waals surface area contributed by atoms with Crippen molar-refractivity contribution >= 4 is 11.8 Å². The van der Waals surface area contributed by atoms with E-state index in [9.17, 15) is 0 Å². The van der Waals surface area contributed by atoms with Crippen LogP contribution in [0.2, 0.25) is 0 Å². The quantitative estimate of drug-likeness (QED) is 0.844. The third-order valence-electron chi connectivity index (χ3n) is 3.39. The molecule has 0 bridgehead atoms. The first-order valence-corrected chi connectivity index (χ1v) is 7.42. The molecule has 0 spiro atoms. The largest absolute Gasteiger partial charge is 0.308 e. The number of hydrogen-bond acceptors (Lipinski definition) is 3. The molecule has 88 valence electrons. The van der Waals surface area contributed by atoms with Crippen molar-refractivity contribution in [1.29, 1.82) is 0 Å². The molecule has 2 N–H and O–H groups in total. The zero-order chi connectivity index (χ0) is 10.8. The topological polar surface area (TPSA) is 40.7 Å². The minimum atomic E-state index is 0.700. The molecule has 3 rings (SSSR count). The second kappa shape index (κ2) is 4.80. The Labute approximate surface area is 101 Å². The predicted molar refractivity (Wildman–Crippen MR) is 67.7 cm³/mol. The van der Waals surface area contributed by atoms with Crippen LogP contribution in [0, 0.1) is 0 Å². The number of nitrogens with one attached hydrogen (secondary N) is 2. The Morgan fingerprint density at radius 2 is 2.38 bits per heavy atom. The van der Waals surface area contributed by atoms with E-state index in [1.54, 1.807) is 0 Å². The van der Waals surface area contributed by atoms with Gasteiger partial charge in [0, 0.05) is 30.0 Å². The summed E-state index contributed by atoms with van der Waals surface area (Å²) in [6.45, 7) is 0.949. The van der Waals surface area contributed by atoms with Crippen LogP contribution in [0.5, 0.6) is 0 Å². The molecule has 3 nitrogen and oxygen atoms in total. The van der Waals surface area contributed by atoms with Crippen LogP contribution in [0.3, 0.4) is 0 Å². The average molecular weight is 237 g/mol. The number of hydrogen-bond donors (Lipinski definition) is 2. The molecule has 1 aromatic heterocycles. The molecular formula is C12H19N3S. The predicted octanol–water partition coefficient (Wildman–Crippen LogP) is 2.27. The molecule has 2 heterocycles. The van der Waals surface area contributed by atoms with Crippen LogP contribution >= 0.6 is 11.8 Å². The fourth-order valence-corrected chi connectivity index (χ4v) is 3.32. The molecule has 16 heavy (non-hydrogen) atoms. The lowest BCUT2D eigenvalue weighted by atomic mass is 10.2. The van der Waals surface area contributed by atoms with Crippen LogP contribution in [-0.4, -0.2) is 27.7 Å². The highest BCUT2D eigenvalue weighted by Crippen LogP contribution is 2.38. The van der Waals surface area contributed by atoms with Crippen LogP contribution in [0.1, 0.15) is 43.0 Å². The van der Waals surface area contributed by atoms with Gasteiger partial charge in [-0.2, -0.15) is 16.9 Å². The molecule has 0 radical (unpaired) electrons. The second-order valence-electron chi connectivity index (χ2n) is 4.89. The van der Waals surface area contributed by atoms with Gasteiger partial charge in [0.25, 0.3) is 0 Å². The van der Waals surface area contributed by atoms with Crippen molar-refractivity contribution in [2.45, 2.75) is 44.2 Å². The molecule has 1 saturated carbocycles. The Bertz CT molecular complexity index is 340. The summed E-state index contributed by atoms with van der Waals surface area (Å²) in [7, 11) is 0. The van der Waals surface area contributed by atoms with E-state index in [0.717, 1.165) is 12.5 Å². The van der Waals surface area contributed by atoms with E-state index in [1.165, 1.54) is 48.6 Å². The summed E-state index contributed by atoms with van der Waals surface area (Å²) in [4.78, 5) is 0. The van der Waals surface area contributed by atoms with E-state index >= 15 is 0 Å². The minimum Gasteiger partial charge on any atom is -0.308 e. The van der Waals surface area contributed by atoms with Gasteiger partial charge in [-0.1, -0.05) is 0 Å². The van der Waals surface area contributed by atoms with Crippen molar-refractivity contribution in [3.8, 4) is 0 Å². The fourth-order valence-electron chi connectivity index (χ4n) is 2.21. The number of nitrogens with zero attached hydrogens (tertiary/aromatic N) is 1. The summed E-state index contributed by atoms with van der Waals surface area (Å²) in [5.74, 6) is 3.37. The Morgan fingerprint density at radius 1 is 1.44 bits per heavy atom. The normalized spacial score (nSPS) is 25.9. The molecule has 1 aromatic rings. The van der Waals surface area contributed by atoms with Crippen LogP contribution in [-0.2, 0) is 6.54 Å². The molecule has 1 atom stereocenters. The highest BCUT2D eigenvalue weighted by molar-refractivity contribution is 7.99. The maximum absolute atomic E-state index is 4.37. The molecule has 0 aromatic carbocycles. The molecule has 4 heteroatoms. The van der Waals surface area contributed by atoms with Gasteiger partial charge in [-0.05, 0) is 37.5 Å². The van der Waals surface area contributed by atoms with Gasteiger partial charge in [-0.3, -0.25) is 5.10 Å². The Balaban J connectivity index is 1.49. The summed E-state index contributed by atoms with van der Waals surface area (Å²) in [6, 6.07) is 2.94. The molecule has 0 amide bonds. The third kappa shape index (κ3) is 2.61. The van der Waals surface area contributed by atoms with E-state index in [2.05, 4.69) is 33.3 Å². The number of rotatable bonds is 4. The molecule has 1 saturated heterocycles. The van der Waals surface area contributed by atoms with Gasteiger partial charge in [0.1, 0.15) is 0 Å². The van der Waals surface area contributed by atoms with Gasteiger partial charge >= 0.3 is 0 Å². The van der Waals surface area contributed by atoms with Crippen molar-refractivity contribution in [3.05, 3.63) is 17.5 Å². The minimum absolute atomic E-state index is 0.700. The van der Waals surface area contributed by atoms with Crippen molar-refractivity contribution in [3.63, 3.8) is 0 Å². The van der Waals surface area contributed by atoms with Crippen LogP contribution < -0.4 is 5.32 Å². The lowest BCUT2D eigenvalue weighted by Crippen LogP contribution is -2.33. The summed E-state index contributed by atoms with van der Waals surface area (Å²) in [5, 5.41) is 11.1. The lowest BCUT2D eigenvalue weighted by molar-refractivity contribution is 0.503. The highest BCUT2D eigenvalue weighted by atomic mass is 32.2. The molecule has 2 aliphatic rings. The van der Waals surface area contributed by atoms with E-state index in [0.29, 0.717) is 6.04 Å². The van der Waals surface area contributed by atoms with E-state index in [-0.39, 0.29) is 0 Å². The first kappa shape index (κ1) is 10.7. The van der Waals surface area contributed by atoms with E-state index in [1.807, 2.05) is 0 Å². The number of H-pyrrole nitrogens is 1. The molecule has 1 aliphatic heterocycles. The zero-order valence-electron chi connectivity index (χ0n) is 9.54. The molecule has 2 fully saturated rings. The first-order chi connectivity index (χ1) is 7.92. The molecule has 1 aliphatic carbocycles. The Hall–Kier alpha value is -0.480. The summed E-state index contributed by atoms with van der Waals surface area (Å²) < 4.78 is 0. The van der Waals surface area contributed by atoms with Crippen LogP contribution in [0.15, 0.2) is 6.07 Å². The SMILES string of the molecule is c1c(C2CC2)n[nH]c1CN[C@H]1CCCSC1. The van der Waals surface area contributed by atoms with E-state index in [4.69, 9.17) is 0 Å². The molecule has 0 unspecified atom stereocenters. The second-order valence-corrected chi connectivity index (χ2v) is 6.04. The Morgan fingerprint density at radius 3 is 3.12 bits per heavy atom. The Kier molecular flexibility index (Phi) is 3.20. The van der Waals surface area contributed by atoms with Gasteiger partial charge in [-0.25, -0.2) is 0 Å². The summed E-state index contributed by atoms with van der Waals surface area (Å²) >= 11 is 2.07. The number of thioether (sulfide) groups is 1. The van der Waals surface area contributed by atoms with Gasteiger partial charge < -0.3 is 5.32 Å². The van der Waals surface area contributed by atoms with Crippen molar-refractivity contribution < 1.29 is 0 Å². The highest BCUT2D eigenvalue weighted by Gasteiger charge is 2.26. The van der Waals surface area contributed by atoms with Gasteiger partial charge in [0.15, 0.2) is 0 Å². The van der Waals surface area contributed by atoms with Crippen molar-refractivity contribution in [2.24, 2.45) is 0 Å². The lowest BCUT2D eigenvalue weighted by Gasteiger charge is -2.22. The number of aromatic nitrogens is 2. The van der Waals surface area contributed by atoms with Crippen LogP contribution in [0.4, 0.5) is 0 Å². The van der Waals surface area contributed by atoms with Gasteiger partial charge in [-0.15, -0.1) is 0 Å². The monoisotopic (exact) mass is 237 g/mol. The fraction of sp³-hybridized carbons (Fsp3) is 0.750. The van der Waals surface area contributed by atoms with Crippen molar-refractivity contribution in [2.75, 3.05) is 11.5 Å². The summed E-state index contributed by atoms with van der Waals surface area (Å²) in [6.07, 6.45) is 5.35.